The molecular formula is C25H30N4O4. The smallest absolute Gasteiger partial charge is 0.324 e. The van der Waals surface area contributed by atoms with Gasteiger partial charge in [-0.1, -0.05) is 56.2 Å². The van der Waals surface area contributed by atoms with Crippen molar-refractivity contribution in [2.24, 2.45) is 4.99 Å². The fraction of sp³-hybridized carbons (Fsp3) is 0.360. The zero-order chi connectivity index (χ0) is 24.0. The standard InChI is InChI=1S/C25H30N4O4/c1-4-7-19(11-9-17(3)8-6-14-26-13-5-2)25(23(32)27-24(33)28-25)29-16-18-10-12-20(30)15-21(18)22(29)31/h6,8-13,15,30H,4-5,7,14,16H2,1-3H3,(H2,27,28,32,33)/b8-6?,17-9+,19-11+,26-13?. The molecule has 2 heterocycles. The Balaban J connectivity index is 1.99. The van der Waals surface area contributed by atoms with Crippen LogP contribution in [0.2, 0.25) is 0 Å². The molecule has 1 saturated heterocycles. The van der Waals surface area contributed by atoms with E-state index in [4.69, 9.17) is 0 Å². The number of allylic oxidation sites excluding steroid dienone is 4. The van der Waals surface area contributed by atoms with Crippen molar-refractivity contribution in [2.45, 2.75) is 52.2 Å². The normalized spacial score (nSPS) is 21.3. The van der Waals surface area contributed by atoms with Gasteiger partial charge in [-0.3, -0.25) is 24.8 Å². The van der Waals surface area contributed by atoms with E-state index in [0.29, 0.717) is 36.1 Å². The summed E-state index contributed by atoms with van der Waals surface area (Å²) in [5.74, 6) is -1.04. The van der Waals surface area contributed by atoms with Crippen LogP contribution in [0.15, 0.2) is 58.6 Å². The highest BCUT2D eigenvalue weighted by atomic mass is 16.3. The Labute approximate surface area is 193 Å². The lowest BCUT2D eigenvalue weighted by atomic mass is 9.92. The molecule has 0 radical (unpaired) electrons. The molecule has 33 heavy (non-hydrogen) atoms. The summed E-state index contributed by atoms with van der Waals surface area (Å²) in [5.41, 5.74) is 0.919. The number of phenolic OH excluding ortho intramolecular Hbond substituents is 1. The molecule has 0 aliphatic carbocycles. The van der Waals surface area contributed by atoms with Crippen molar-refractivity contribution >= 4 is 24.1 Å². The van der Waals surface area contributed by atoms with Crippen molar-refractivity contribution in [1.82, 2.24) is 15.5 Å². The first-order valence-electron chi connectivity index (χ1n) is 11.1. The number of hydrogen-bond acceptors (Lipinski definition) is 5. The molecular weight excluding hydrogens is 420 g/mol. The molecule has 0 aromatic heterocycles. The summed E-state index contributed by atoms with van der Waals surface area (Å²) in [4.78, 5) is 44.3. The van der Waals surface area contributed by atoms with Crippen LogP contribution in [0, 0.1) is 0 Å². The van der Waals surface area contributed by atoms with E-state index in [2.05, 4.69) is 15.6 Å². The fourth-order valence-electron chi connectivity index (χ4n) is 4.04. The molecule has 8 nitrogen and oxygen atoms in total. The topological polar surface area (TPSA) is 111 Å². The number of hydrogen-bond donors (Lipinski definition) is 3. The van der Waals surface area contributed by atoms with E-state index in [1.807, 2.05) is 45.2 Å². The van der Waals surface area contributed by atoms with Crippen LogP contribution in [0.3, 0.4) is 0 Å². The minimum absolute atomic E-state index is 0.0316. The number of urea groups is 1. The maximum Gasteiger partial charge on any atom is 0.324 e. The lowest BCUT2D eigenvalue weighted by Gasteiger charge is -2.37. The Kier molecular flexibility index (Phi) is 7.48. The van der Waals surface area contributed by atoms with Crippen molar-refractivity contribution in [2.75, 3.05) is 6.54 Å². The van der Waals surface area contributed by atoms with Gasteiger partial charge in [0.05, 0.1) is 6.54 Å². The molecule has 1 unspecified atom stereocenters. The number of imide groups is 1. The zero-order valence-corrected chi connectivity index (χ0v) is 19.2. The molecule has 174 valence electrons. The van der Waals surface area contributed by atoms with Crippen LogP contribution in [0.4, 0.5) is 4.79 Å². The minimum atomic E-state index is -1.63. The molecule has 0 spiro atoms. The van der Waals surface area contributed by atoms with Gasteiger partial charge in [-0.05, 0) is 49.2 Å². The summed E-state index contributed by atoms with van der Waals surface area (Å²) in [7, 11) is 0. The van der Waals surface area contributed by atoms with Crippen LogP contribution in [0.1, 0.15) is 56.0 Å². The van der Waals surface area contributed by atoms with Crippen LogP contribution in [0.25, 0.3) is 0 Å². The first-order chi connectivity index (χ1) is 15.8. The number of aromatic hydroxyl groups is 1. The van der Waals surface area contributed by atoms with Crippen molar-refractivity contribution in [3.63, 3.8) is 0 Å². The molecule has 3 N–H and O–H groups in total. The van der Waals surface area contributed by atoms with Crippen molar-refractivity contribution in [3.8, 4) is 5.75 Å². The third-order valence-corrected chi connectivity index (χ3v) is 5.59. The molecule has 0 bridgehead atoms. The number of benzene rings is 1. The number of carbonyl (C=O) groups excluding carboxylic acids is 3. The van der Waals surface area contributed by atoms with Crippen LogP contribution >= 0.6 is 0 Å². The van der Waals surface area contributed by atoms with Gasteiger partial charge < -0.3 is 10.4 Å². The van der Waals surface area contributed by atoms with E-state index in [1.54, 1.807) is 12.1 Å². The van der Waals surface area contributed by atoms with Crippen LogP contribution < -0.4 is 10.6 Å². The third-order valence-electron chi connectivity index (χ3n) is 5.59. The Morgan fingerprint density at radius 1 is 1.24 bits per heavy atom. The van der Waals surface area contributed by atoms with E-state index in [0.717, 1.165) is 12.0 Å². The van der Waals surface area contributed by atoms with Crippen molar-refractivity contribution < 1.29 is 19.5 Å². The van der Waals surface area contributed by atoms with Crippen LogP contribution in [-0.2, 0) is 11.3 Å². The average molecular weight is 451 g/mol. The second-order valence-electron chi connectivity index (χ2n) is 8.06. The Morgan fingerprint density at radius 3 is 2.70 bits per heavy atom. The third kappa shape index (κ3) is 4.89. The summed E-state index contributed by atoms with van der Waals surface area (Å²) in [6, 6.07) is 3.90. The second-order valence-corrected chi connectivity index (χ2v) is 8.06. The first kappa shape index (κ1) is 24.0. The van der Waals surface area contributed by atoms with Gasteiger partial charge in [0.1, 0.15) is 5.75 Å². The number of phenols is 1. The molecule has 4 amide bonds. The number of aliphatic imine (C=N–C) groups is 1. The van der Waals surface area contributed by atoms with Gasteiger partial charge in [0.15, 0.2) is 0 Å². The summed E-state index contributed by atoms with van der Waals surface area (Å²) in [5, 5.41) is 14.8. The van der Waals surface area contributed by atoms with Gasteiger partial charge >= 0.3 is 6.03 Å². The lowest BCUT2D eigenvalue weighted by Crippen LogP contribution is -2.62. The number of nitrogens with one attached hydrogen (secondary N) is 2. The monoisotopic (exact) mass is 450 g/mol. The predicted molar refractivity (Wildman–Crippen MR) is 127 cm³/mol. The SMILES string of the molecule is CCC=NCC=C/C(C)=C/C=C(\CCC)C1(N2Cc3ccc(O)cc3C2=O)NC(=O)NC1=O. The van der Waals surface area contributed by atoms with Crippen LogP contribution in [-0.4, -0.2) is 46.3 Å². The Morgan fingerprint density at radius 2 is 2.03 bits per heavy atom. The van der Waals surface area contributed by atoms with Gasteiger partial charge in [0.2, 0.25) is 5.66 Å². The summed E-state index contributed by atoms with van der Waals surface area (Å²) in [6.45, 7) is 6.65. The van der Waals surface area contributed by atoms with Crippen molar-refractivity contribution in [3.05, 3.63) is 64.8 Å². The minimum Gasteiger partial charge on any atom is -0.508 e. The molecule has 1 fully saturated rings. The summed E-state index contributed by atoms with van der Waals surface area (Å²) in [6.07, 6.45) is 11.5. The Hall–Kier alpha value is -3.68. The van der Waals surface area contributed by atoms with E-state index in [-0.39, 0.29) is 12.3 Å². The predicted octanol–water partition coefficient (Wildman–Crippen LogP) is 3.59. The quantitative estimate of drug-likeness (QED) is 0.303. The summed E-state index contributed by atoms with van der Waals surface area (Å²) < 4.78 is 0. The second kappa shape index (κ2) is 10.3. The van der Waals surface area contributed by atoms with E-state index >= 15 is 0 Å². The Bertz CT molecular complexity index is 1070. The lowest BCUT2D eigenvalue weighted by molar-refractivity contribution is -0.127. The molecule has 2 aliphatic rings. The van der Waals surface area contributed by atoms with Gasteiger partial charge in [-0.2, -0.15) is 0 Å². The van der Waals surface area contributed by atoms with E-state index in [1.165, 1.54) is 17.0 Å². The fourth-order valence-corrected chi connectivity index (χ4v) is 4.04. The van der Waals surface area contributed by atoms with Gasteiger partial charge in [0.25, 0.3) is 11.8 Å². The molecule has 3 rings (SSSR count). The number of rotatable bonds is 9. The molecule has 2 aliphatic heterocycles. The largest absolute Gasteiger partial charge is 0.508 e. The van der Waals surface area contributed by atoms with E-state index in [9.17, 15) is 19.5 Å². The van der Waals surface area contributed by atoms with Crippen LogP contribution in [0.5, 0.6) is 5.75 Å². The molecule has 1 atom stereocenters. The summed E-state index contributed by atoms with van der Waals surface area (Å²) >= 11 is 0. The molecule has 8 heteroatoms. The zero-order valence-electron chi connectivity index (χ0n) is 19.2. The maximum absolute atomic E-state index is 13.3. The van der Waals surface area contributed by atoms with Gasteiger partial charge in [-0.25, -0.2) is 4.79 Å². The van der Waals surface area contributed by atoms with E-state index < -0.39 is 23.5 Å². The maximum atomic E-state index is 13.3. The van der Waals surface area contributed by atoms with Gasteiger partial charge in [-0.15, -0.1) is 0 Å². The van der Waals surface area contributed by atoms with Crippen molar-refractivity contribution in [1.29, 1.82) is 0 Å². The van der Waals surface area contributed by atoms with Gasteiger partial charge in [0, 0.05) is 12.1 Å². The highest BCUT2D eigenvalue weighted by Gasteiger charge is 2.56. The number of fused-ring (bicyclic) bond motifs is 1. The number of amides is 4. The number of carbonyl (C=O) groups is 3. The highest BCUT2D eigenvalue weighted by Crippen LogP contribution is 2.37. The highest BCUT2D eigenvalue weighted by molar-refractivity contribution is 6.12. The first-order valence-corrected chi connectivity index (χ1v) is 11.1. The number of nitrogens with zero attached hydrogens (tertiary/aromatic N) is 2. The molecule has 0 saturated carbocycles. The molecule has 1 aromatic rings. The molecule has 1 aromatic carbocycles. The average Bonchev–Trinajstić information content (AvgIpc) is 3.26.